The summed E-state index contributed by atoms with van der Waals surface area (Å²) >= 11 is 0. The van der Waals surface area contributed by atoms with Gasteiger partial charge in [0.05, 0.1) is 6.61 Å². The van der Waals surface area contributed by atoms with E-state index in [1.165, 1.54) is 12.1 Å². The molecular formula is C15H21F2NO. The van der Waals surface area contributed by atoms with Gasteiger partial charge in [-0.1, -0.05) is 11.6 Å². The van der Waals surface area contributed by atoms with Crippen molar-refractivity contribution in [1.29, 1.82) is 0 Å². The second kappa shape index (κ2) is 8.77. The molecule has 2 nitrogen and oxygen atoms in total. The van der Waals surface area contributed by atoms with E-state index in [1.807, 2.05) is 6.92 Å². The van der Waals surface area contributed by atoms with E-state index in [4.69, 9.17) is 4.74 Å². The van der Waals surface area contributed by atoms with Crippen molar-refractivity contribution >= 4 is 0 Å². The minimum atomic E-state index is -0.524. The van der Waals surface area contributed by atoms with Crippen LogP contribution in [0.5, 0.6) is 0 Å². The Morgan fingerprint density at radius 1 is 1.21 bits per heavy atom. The van der Waals surface area contributed by atoms with Crippen LogP contribution in [-0.4, -0.2) is 26.8 Å². The van der Waals surface area contributed by atoms with Gasteiger partial charge in [0.25, 0.3) is 0 Å². The van der Waals surface area contributed by atoms with Gasteiger partial charge in [-0.05, 0) is 44.0 Å². The molecule has 0 fully saturated rings. The molecule has 0 aliphatic carbocycles. The van der Waals surface area contributed by atoms with Gasteiger partial charge in [0.15, 0.2) is 0 Å². The lowest BCUT2D eigenvalue weighted by atomic mass is 10.1. The van der Waals surface area contributed by atoms with E-state index in [0.717, 1.165) is 31.1 Å². The Morgan fingerprint density at radius 2 is 1.89 bits per heavy atom. The summed E-state index contributed by atoms with van der Waals surface area (Å²) in [6.07, 6.45) is 3.56. The first kappa shape index (κ1) is 15.8. The van der Waals surface area contributed by atoms with E-state index in [-0.39, 0.29) is 0 Å². The van der Waals surface area contributed by atoms with Crippen LogP contribution in [0.3, 0.4) is 0 Å². The van der Waals surface area contributed by atoms with Gasteiger partial charge in [-0.15, -0.1) is 0 Å². The van der Waals surface area contributed by atoms with Crippen molar-refractivity contribution in [3.8, 4) is 0 Å². The standard InChI is InChI=1S/C15H21F2NO/c1-12(4-3-5-18-6-7-19-2)8-13-9-14(16)11-15(17)10-13/h4,9-11,18H,3,5-8H2,1-2H3/b12-4-. The van der Waals surface area contributed by atoms with Gasteiger partial charge in [-0.25, -0.2) is 8.78 Å². The summed E-state index contributed by atoms with van der Waals surface area (Å²) in [5.74, 6) is -1.05. The molecule has 106 valence electrons. The van der Waals surface area contributed by atoms with E-state index in [2.05, 4.69) is 11.4 Å². The van der Waals surface area contributed by atoms with E-state index in [0.29, 0.717) is 18.6 Å². The average Bonchev–Trinajstić information content (AvgIpc) is 2.32. The van der Waals surface area contributed by atoms with Crippen LogP contribution in [0.15, 0.2) is 29.8 Å². The third kappa shape index (κ3) is 7.03. The van der Waals surface area contributed by atoms with Gasteiger partial charge in [-0.2, -0.15) is 0 Å². The molecular weight excluding hydrogens is 248 g/mol. The highest BCUT2D eigenvalue weighted by Gasteiger charge is 2.01. The lowest BCUT2D eigenvalue weighted by Gasteiger charge is -2.04. The van der Waals surface area contributed by atoms with Crippen LogP contribution < -0.4 is 5.32 Å². The summed E-state index contributed by atoms with van der Waals surface area (Å²) in [6.45, 7) is 4.37. The molecule has 0 heterocycles. The summed E-state index contributed by atoms with van der Waals surface area (Å²) in [5, 5.41) is 3.23. The van der Waals surface area contributed by atoms with Gasteiger partial charge in [0.1, 0.15) is 11.6 Å². The monoisotopic (exact) mass is 269 g/mol. The number of rotatable bonds is 8. The SMILES string of the molecule is COCCNCC/C=C(/C)Cc1cc(F)cc(F)c1. The van der Waals surface area contributed by atoms with Crippen molar-refractivity contribution in [3.63, 3.8) is 0 Å². The van der Waals surface area contributed by atoms with Crippen molar-refractivity contribution in [2.75, 3.05) is 26.8 Å². The smallest absolute Gasteiger partial charge is 0.126 e. The fourth-order valence-electron chi connectivity index (χ4n) is 1.83. The van der Waals surface area contributed by atoms with E-state index in [1.54, 1.807) is 7.11 Å². The van der Waals surface area contributed by atoms with Gasteiger partial charge in [0.2, 0.25) is 0 Å². The Balaban J connectivity index is 2.34. The average molecular weight is 269 g/mol. The molecule has 0 aromatic heterocycles. The predicted octanol–water partition coefficient (Wildman–Crippen LogP) is 3.08. The molecule has 1 N–H and O–H groups in total. The van der Waals surface area contributed by atoms with Gasteiger partial charge in [-0.3, -0.25) is 0 Å². The maximum Gasteiger partial charge on any atom is 0.126 e. The van der Waals surface area contributed by atoms with Gasteiger partial charge < -0.3 is 10.1 Å². The third-order valence-corrected chi connectivity index (χ3v) is 2.70. The number of nitrogens with one attached hydrogen (secondary N) is 1. The van der Waals surface area contributed by atoms with Crippen LogP contribution >= 0.6 is 0 Å². The Hall–Kier alpha value is -1.26. The fourth-order valence-corrected chi connectivity index (χ4v) is 1.83. The van der Waals surface area contributed by atoms with Crippen molar-refractivity contribution in [3.05, 3.63) is 47.0 Å². The summed E-state index contributed by atoms with van der Waals surface area (Å²) in [5.41, 5.74) is 1.78. The Morgan fingerprint density at radius 3 is 2.53 bits per heavy atom. The molecule has 0 unspecified atom stereocenters. The Bertz CT molecular complexity index is 398. The molecule has 0 atom stereocenters. The third-order valence-electron chi connectivity index (χ3n) is 2.70. The van der Waals surface area contributed by atoms with Gasteiger partial charge in [0, 0.05) is 19.7 Å². The number of hydrogen-bond donors (Lipinski definition) is 1. The van der Waals surface area contributed by atoms with Crippen molar-refractivity contribution in [1.82, 2.24) is 5.32 Å². The maximum absolute atomic E-state index is 13.0. The van der Waals surface area contributed by atoms with E-state index in [9.17, 15) is 8.78 Å². The van der Waals surface area contributed by atoms with E-state index < -0.39 is 11.6 Å². The number of methoxy groups -OCH3 is 1. The number of allylic oxidation sites excluding steroid dienone is 1. The zero-order chi connectivity index (χ0) is 14.1. The molecule has 4 heteroatoms. The molecule has 0 aliphatic heterocycles. The highest BCUT2D eigenvalue weighted by atomic mass is 19.1. The summed E-state index contributed by atoms with van der Waals surface area (Å²) < 4.78 is 31.0. The Kier molecular flexibility index (Phi) is 7.30. The zero-order valence-electron chi connectivity index (χ0n) is 11.5. The topological polar surface area (TPSA) is 21.3 Å². The summed E-state index contributed by atoms with van der Waals surface area (Å²) in [6, 6.07) is 3.64. The van der Waals surface area contributed by atoms with Crippen LogP contribution in [0.4, 0.5) is 8.78 Å². The summed E-state index contributed by atoms with van der Waals surface area (Å²) in [7, 11) is 1.67. The lowest BCUT2D eigenvalue weighted by molar-refractivity contribution is 0.199. The van der Waals surface area contributed by atoms with Crippen LogP contribution in [0.1, 0.15) is 18.9 Å². The molecule has 1 rings (SSSR count). The van der Waals surface area contributed by atoms with Crippen LogP contribution in [-0.2, 0) is 11.2 Å². The Labute approximate surface area is 113 Å². The van der Waals surface area contributed by atoms with Crippen molar-refractivity contribution in [2.24, 2.45) is 0 Å². The number of halogens is 2. The molecule has 0 aliphatic rings. The van der Waals surface area contributed by atoms with Crippen molar-refractivity contribution < 1.29 is 13.5 Å². The fraction of sp³-hybridized carbons (Fsp3) is 0.467. The molecule has 0 bridgehead atoms. The normalized spacial score (nSPS) is 11.9. The number of benzene rings is 1. The maximum atomic E-state index is 13.0. The minimum absolute atomic E-state index is 0.524. The second-order valence-corrected chi connectivity index (χ2v) is 4.54. The predicted molar refractivity (Wildman–Crippen MR) is 73.2 cm³/mol. The van der Waals surface area contributed by atoms with E-state index >= 15 is 0 Å². The first-order valence-corrected chi connectivity index (χ1v) is 6.42. The lowest BCUT2D eigenvalue weighted by Crippen LogP contribution is -2.19. The number of ether oxygens (including phenoxy) is 1. The molecule has 0 radical (unpaired) electrons. The quantitative estimate of drug-likeness (QED) is 0.578. The highest BCUT2D eigenvalue weighted by molar-refractivity contribution is 5.23. The molecule has 19 heavy (non-hydrogen) atoms. The largest absolute Gasteiger partial charge is 0.383 e. The molecule has 0 saturated heterocycles. The second-order valence-electron chi connectivity index (χ2n) is 4.54. The van der Waals surface area contributed by atoms with Gasteiger partial charge >= 0.3 is 0 Å². The van der Waals surface area contributed by atoms with Crippen LogP contribution in [0.25, 0.3) is 0 Å². The summed E-state index contributed by atoms with van der Waals surface area (Å²) in [4.78, 5) is 0. The van der Waals surface area contributed by atoms with Crippen molar-refractivity contribution in [2.45, 2.75) is 19.8 Å². The van der Waals surface area contributed by atoms with Crippen LogP contribution in [0.2, 0.25) is 0 Å². The molecule has 1 aromatic carbocycles. The zero-order valence-corrected chi connectivity index (χ0v) is 11.5. The highest BCUT2D eigenvalue weighted by Crippen LogP contribution is 2.12. The molecule has 0 amide bonds. The molecule has 0 spiro atoms. The molecule has 0 saturated carbocycles. The first-order valence-electron chi connectivity index (χ1n) is 6.42. The van der Waals surface area contributed by atoms with Crippen LogP contribution in [0, 0.1) is 11.6 Å². The number of hydrogen-bond acceptors (Lipinski definition) is 2. The first-order chi connectivity index (χ1) is 9.11. The minimum Gasteiger partial charge on any atom is -0.383 e. The molecule has 1 aromatic rings.